The lowest BCUT2D eigenvalue weighted by atomic mass is 10.2. The second kappa shape index (κ2) is 5.77. The summed E-state index contributed by atoms with van der Waals surface area (Å²) in [6.45, 7) is 0. The highest BCUT2D eigenvalue weighted by Crippen LogP contribution is 2.31. The summed E-state index contributed by atoms with van der Waals surface area (Å²) < 4.78 is 0. The van der Waals surface area contributed by atoms with E-state index in [1.165, 1.54) is 0 Å². The van der Waals surface area contributed by atoms with E-state index in [9.17, 15) is 0 Å². The van der Waals surface area contributed by atoms with E-state index in [4.69, 9.17) is 16.9 Å². The third kappa shape index (κ3) is 3.26. The van der Waals surface area contributed by atoms with Crippen molar-refractivity contribution < 1.29 is 0 Å². The highest BCUT2D eigenvalue weighted by Gasteiger charge is 2.05. The molecule has 0 N–H and O–H groups in total. The van der Waals surface area contributed by atoms with Gasteiger partial charge in [0, 0.05) is 14.8 Å². The minimum absolute atomic E-state index is 0.385. The molecule has 0 fully saturated rings. The minimum atomic E-state index is 0.385. The molecule has 0 heterocycles. The molecule has 3 heteroatoms. The van der Waals surface area contributed by atoms with Gasteiger partial charge in [0.15, 0.2) is 0 Å². The van der Waals surface area contributed by atoms with Crippen molar-refractivity contribution in [3.05, 3.63) is 59.1 Å². The van der Waals surface area contributed by atoms with Gasteiger partial charge in [0.05, 0.1) is 12.5 Å². The predicted octanol–water partition coefficient (Wildman–Crippen LogP) is 4.56. The second-order valence-corrected chi connectivity index (χ2v) is 5.05. The first-order valence-electron chi connectivity index (χ1n) is 5.18. The number of rotatable bonds is 3. The summed E-state index contributed by atoms with van der Waals surface area (Å²) in [5.41, 5.74) is 0.980. The average molecular weight is 260 g/mol. The Hall–Kier alpha value is -1.43. The molecule has 0 bridgehead atoms. The van der Waals surface area contributed by atoms with E-state index < -0.39 is 0 Å². The predicted molar refractivity (Wildman–Crippen MR) is 71.3 cm³/mol. The molecule has 2 rings (SSSR count). The lowest BCUT2D eigenvalue weighted by Crippen LogP contribution is -1.86. The summed E-state index contributed by atoms with van der Waals surface area (Å²) in [4.78, 5) is 2.25. The standard InChI is InChI=1S/C14H10ClNS/c15-12-6-7-14(11(10-12)8-9-16)17-13-4-2-1-3-5-13/h1-7,10H,8H2. The zero-order valence-electron chi connectivity index (χ0n) is 9.06. The zero-order chi connectivity index (χ0) is 12.1. The van der Waals surface area contributed by atoms with Crippen LogP contribution in [0.4, 0.5) is 0 Å². The summed E-state index contributed by atoms with van der Waals surface area (Å²) in [5, 5.41) is 9.47. The number of nitriles is 1. The molecule has 17 heavy (non-hydrogen) atoms. The Kier molecular flexibility index (Phi) is 4.08. The molecule has 2 aromatic carbocycles. The monoisotopic (exact) mass is 259 g/mol. The quantitative estimate of drug-likeness (QED) is 0.807. The molecular weight excluding hydrogens is 250 g/mol. The molecule has 84 valence electrons. The van der Waals surface area contributed by atoms with Gasteiger partial charge in [0.2, 0.25) is 0 Å². The van der Waals surface area contributed by atoms with E-state index >= 15 is 0 Å². The maximum absolute atomic E-state index is 8.80. The van der Waals surface area contributed by atoms with Crippen molar-refractivity contribution in [3.63, 3.8) is 0 Å². The third-order valence-electron chi connectivity index (χ3n) is 2.26. The summed E-state index contributed by atoms with van der Waals surface area (Å²) in [6, 6.07) is 17.9. The maximum atomic E-state index is 8.80. The Bertz CT molecular complexity index is 546. The first-order valence-corrected chi connectivity index (χ1v) is 6.37. The van der Waals surface area contributed by atoms with Gasteiger partial charge in [-0.1, -0.05) is 41.6 Å². The van der Waals surface area contributed by atoms with Crippen LogP contribution in [0.15, 0.2) is 58.3 Å². The SMILES string of the molecule is N#CCc1cc(Cl)ccc1Sc1ccccc1. The van der Waals surface area contributed by atoms with Crippen LogP contribution < -0.4 is 0 Å². The van der Waals surface area contributed by atoms with Crippen molar-refractivity contribution in [3.8, 4) is 6.07 Å². The second-order valence-electron chi connectivity index (χ2n) is 3.50. The van der Waals surface area contributed by atoms with Gasteiger partial charge < -0.3 is 0 Å². The van der Waals surface area contributed by atoms with Crippen LogP contribution in [0.5, 0.6) is 0 Å². The van der Waals surface area contributed by atoms with Crippen molar-refractivity contribution in [2.24, 2.45) is 0 Å². The van der Waals surface area contributed by atoms with Gasteiger partial charge in [-0.15, -0.1) is 0 Å². The van der Waals surface area contributed by atoms with E-state index in [2.05, 4.69) is 18.2 Å². The fourth-order valence-electron chi connectivity index (χ4n) is 1.49. The maximum Gasteiger partial charge on any atom is 0.0670 e. The number of nitrogens with zero attached hydrogens (tertiary/aromatic N) is 1. The molecule has 0 unspecified atom stereocenters. The van der Waals surface area contributed by atoms with E-state index in [0.717, 1.165) is 15.4 Å². The van der Waals surface area contributed by atoms with Crippen LogP contribution in [-0.4, -0.2) is 0 Å². The summed E-state index contributed by atoms with van der Waals surface area (Å²) in [5.74, 6) is 0. The highest BCUT2D eigenvalue weighted by molar-refractivity contribution is 7.99. The molecule has 0 saturated heterocycles. The van der Waals surface area contributed by atoms with E-state index in [0.29, 0.717) is 11.4 Å². The first-order chi connectivity index (χ1) is 8.29. The van der Waals surface area contributed by atoms with Gasteiger partial charge in [0.1, 0.15) is 0 Å². The smallest absolute Gasteiger partial charge is 0.0670 e. The van der Waals surface area contributed by atoms with Gasteiger partial charge in [0.25, 0.3) is 0 Å². The molecule has 0 saturated carbocycles. The van der Waals surface area contributed by atoms with Crippen LogP contribution in [0.3, 0.4) is 0 Å². The topological polar surface area (TPSA) is 23.8 Å². The number of hydrogen-bond acceptors (Lipinski definition) is 2. The Morgan fingerprint density at radius 2 is 1.88 bits per heavy atom. The molecule has 0 spiro atoms. The fourth-order valence-corrected chi connectivity index (χ4v) is 2.63. The summed E-state index contributed by atoms with van der Waals surface area (Å²) in [6.07, 6.45) is 0.385. The van der Waals surface area contributed by atoms with Crippen LogP contribution in [0.25, 0.3) is 0 Å². The molecular formula is C14H10ClNS. The number of halogens is 1. The zero-order valence-corrected chi connectivity index (χ0v) is 10.6. The van der Waals surface area contributed by atoms with Crippen molar-refractivity contribution in [2.45, 2.75) is 16.2 Å². The van der Waals surface area contributed by atoms with Crippen LogP contribution in [0.1, 0.15) is 5.56 Å². The molecule has 0 amide bonds. The Balaban J connectivity index is 2.30. The highest BCUT2D eigenvalue weighted by atomic mass is 35.5. The molecule has 0 aliphatic carbocycles. The average Bonchev–Trinajstić information content (AvgIpc) is 2.34. The molecule has 1 nitrogen and oxygen atoms in total. The number of benzene rings is 2. The fraction of sp³-hybridized carbons (Fsp3) is 0.0714. The van der Waals surface area contributed by atoms with E-state index in [-0.39, 0.29) is 0 Å². The Labute approximate surface area is 110 Å². The van der Waals surface area contributed by atoms with Crippen LogP contribution >= 0.6 is 23.4 Å². The largest absolute Gasteiger partial charge is 0.198 e. The first kappa shape index (κ1) is 12.0. The molecule has 0 aromatic heterocycles. The molecule has 2 aromatic rings. The van der Waals surface area contributed by atoms with Gasteiger partial charge >= 0.3 is 0 Å². The Morgan fingerprint density at radius 1 is 1.12 bits per heavy atom. The summed E-state index contributed by atoms with van der Waals surface area (Å²) in [7, 11) is 0. The molecule has 0 aliphatic rings. The lowest BCUT2D eigenvalue weighted by Gasteiger charge is -2.06. The summed E-state index contributed by atoms with van der Waals surface area (Å²) >= 11 is 7.59. The van der Waals surface area contributed by atoms with Crippen LogP contribution in [0.2, 0.25) is 5.02 Å². The van der Waals surface area contributed by atoms with Crippen LogP contribution in [0, 0.1) is 11.3 Å². The van der Waals surface area contributed by atoms with Gasteiger partial charge in [-0.05, 0) is 35.9 Å². The van der Waals surface area contributed by atoms with Gasteiger partial charge in [-0.3, -0.25) is 0 Å². The normalized spacial score (nSPS) is 9.88. The van der Waals surface area contributed by atoms with Crippen molar-refractivity contribution in [1.29, 1.82) is 5.26 Å². The van der Waals surface area contributed by atoms with Crippen LogP contribution in [-0.2, 0) is 6.42 Å². The van der Waals surface area contributed by atoms with Gasteiger partial charge in [-0.2, -0.15) is 5.26 Å². The van der Waals surface area contributed by atoms with E-state index in [1.807, 2.05) is 36.4 Å². The third-order valence-corrected chi connectivity index (χ3v) is 3.62. The number of hydrogen-bond donors (Lipinski definition) is 0. The van der Waals surface area contributed by atoms with E-state index in [1.54, 1.807) is 11.8 Å². The minimum Gasteiger partial charge on any atom is -0.198 e. The Morgan fingerprint density at radius 3 is 2.59 bits per heavy atom. The van der Waals surface area contributed by atoms with Crippen molar-refractivity contribution in [2.75, 3.05) is 0 Å². The molecule has 0 radical (unpaired) electrons. The lowest BCUT2D eigenvalue weighted by molar-refractivity contribution is 1.18. The van der Waals surface area contributed by atoms with Crippen molar-refractivity contribution >= 4 is 23.4 Å². The van der Waals surface area contributed by atoms with Crippen molar-refractivity contribution in [1.82, 2.24) is 0 Å². The molecule has 0 atom stereocenters. The molecule has 0 aliphatic heterocycles. The van der Waals surface area contributed by atoms with Gasteiger partial charge in [-0.25, -0.2) is 0 Å².